The first kappa shape index (κ1) is 12.6. The fraction of sp³-hybridized carbons (Fsp3) is 0.556. The molecule has 0 radical (unpaired) electrons. The minimum Gasteiger partial charge on any atom is -0.351 e. The zero-order chi connectivity index (χ0) is 12.3. The zero-order valence-electron chi connectivity index (χ0n) is 9.35. The third-order valence-corrected chi connectivity index (χ3v) is 2.80. The molecule has 0 aromatic carbocycles. The zero-order valence-corrected chi connectivity index (χ0v) is 10.1. The van der Waals surface area contributed by atoms with Crippen LogP contribution < -0.4 is 4.90 Å². The van der Waals surface area contributed by atoms with Gasteiger partial charge < -0.3 is 4.90 Å². The van der Waals surface area contributed by atoms with Crippen LogP contribution in [0.1, 0.15) is 20.3 Å². The molecule has 88 valence electrons. The summed E-state index contributed by atoms with van der Waals surface area (Å²) in [6, 6.07) is 0.143. The Morgan fingerprint density at radius 1 is 1.62 bits per heavy atom. The van der Waals surface area contributed by atoms with Crippen LogP contribution in [0.4, 0.5) is 11.5 Å². The van der Waals surface area contributed by atoms with Crippen LogP contribution in [0.2, 0.25) is 5.15 Å². The number of hydrogen-bond donors (Lipinski definition) is 0. The minimum absolute atomic E-state index is 0.134. The van der Waals surface area contributed by atoms with E-state index >= 15 is 0 Å². The molecule has 0 bridgehead atoms. The van der Waals surface area contributed by atoms with Crippen molar-refractivity contribution in [1.29, 1.82) is 0 Å². The van der Waals surface area contributed by atoms with Gasteiger partial charge in [0.15, 0.2) is 0 Å². The average molecular weight is 245 g/mol. The van der Waals surface area contributed by atoms with Gasteiger partial charge in [0, 0.05) is 13.1 Å². The van der Waals surface area contributed by atoms with E-state index in [1.807, 2.05) is 13.8 Å². The predicted octanol–water partition coefficient (Wildman–Crippen LogP) is 2.27. The van der Waals surface area contributed by atoms with Gasteiger partial charge in [-0.25, -0.2) is 9.97 Å². The molecule has 1 rings (SSSR count). The van der Waals surface area contributed by atoms with E-state index in [2.05, 4.69) is 9.97 Å². The second kappa shape index (κ2) is 5.07. The third-order valence-electron chi connectivity index (χ3n) is 2.53. The van der Waals surface area contributed by atoms with E-state index in [1.165, 1.54) is 6.33 Å². The fourth-order valence-electron chi connectivity index (χ4n) is 1.25. The standard InChI is InChI=1S/C9H13ClN4O2/c1-4-6(2)13(3)9-7(14(15)16)8(10)11-5-12-9/h5-6H,4H2,1-3H3. The smallest absolute Gasteiger partial charge is 0.348 e. The summed E-state index contributed by atoms with van der Waals surface area (Å²) in [6.07, 6.45) is 2.08. The van der Waals surface area contributed by atoms with Gasteiger partial charge in [-0.3, -0.25) is 10.1 Å². The third kappa shape index (κ3) is 2.38. The molecule has 1 aromatic rings. The number of nitrogens with zero attached hydrogens (tertiary/aromatic N) is 4. The van der Waals surface area contributed by atoms with Gasteiger partial charge in [-0.15, -0.1) is 0 Å². The Hall–Kier alpha value is -1.43. The summed E-state index contributed by atoms with van der Waals surface area (Å²) < 4.78 is 0. The largest absolute Gasteiger partial charge is 0.351 e. The van der Waals surface area contributed by atoms with Crippen molar-refractivity contribution in [3.8, 4) is 0 Å². The number of aromatic nitrogens is 2. The lowest BCUT2D eigenvalue weighted by molar-refractivity contribution is -0.384. The summed E-state index contributed by atoms with van der Waals surface area (Å²) in [5.74, 6) is 0.249. The molecule has 0 saturated carbocycles. The molecule has 0 fully saturated rings. The number of anilines is 1. The molecule has 0 amide bonds. The molecule has 0 spiro atoms. The van der Waals surface area contributed by atoms with Crippen molar-refractivity contribution < 1.29 is 4.92 Å². The normalized spacial score (nSPS) is 12.2. The van der Waals surface area contributed by atoms with Gasteiger partial charge in [-0.05, 0) is 13.3 Å². The van der Waals surface area contributed by atoms with Crippen LogP contribution in [-0.2, 0) is 0 Å². The molecule has 6 nitrogen and oxygen atoms in total. The minimum atomic E-state index is -0.559. The van der Waals surface area contributed by atoms with Gasteiger partial charge in [0.25, 0.3) is 0 Å². The predicted molar refractivity (Wildman–Crippen MR) is 61.9 cm³/mol. The van der Waals surface area contributed by atoms with Crippen molar-refractivity contribution in [3.63, 3.8) is 0 Å². The van der Waals surface area contributed by atoms with Gasteiger partial charge in [0.1, 0.15) is 6.33 Å². The van der Waals surface area contributed by atoms with Crippen LogP contribution in [0.15, 0.2) is 6.33 Å². The highest BCUT2D eigenvalue weighted by atomic mass is 35.5. The van der Waals surface area contributed by atoms with Crippen molar-refractivity contribution in [1.82, 2.24) is 9.97 Å². The van der Waals surface area contributed by atoms with Crippen LogP contribution in [0.25, 0.3) is 0 Å². The van der Waals surface area contributed by atoms with Crippen molar-refractivity contribution in [2.24, 2.45) is 0 Å². The van der Waals surface area contributed by atoms with Crippen LogP contribution in [-0.4, -0.2) is 28.0 Å². The summed E-state index contributed by atoms with van der Waals surface area (Å²) in [7, 11) is 1.75. The van der Waals surface area contributed by atoms with Crippen LogP contribution in [0.5, 0.6) is 0 Å². The molecular formula is C9H13ClN4O2. The molecule has 7 heteroatoms. The first-order valence-corrected chi connectivity index (χ1v) is 5.24. The van der Waals surface area contributed by atoms with E-state index in [-0.39, 0.29) is 22.7 Å². The Bertz CT molecular complexity index is 399. The Balaban J connectivity index is 3.22. The van der Waals surface area contributed by atoms with E-state index < -0.39 is 4.92 Å². The van der Waals surface area contributed by atoms with E-state index in [1.54, 1.807) is 11.9 Å². The summed E-state index contributed by atoms with van der Waals surface area (Å²) in [6.45, 7) is 3.95. The molecule has 0 saturated heterocycles. The molecule has 1 aromatic heterocycles. The van der Waals surface area contributed by atoms with Gasteiger partial charge in [-0.1, -0.05) is 18.5 Å². The van der Waals surface area contributed by atoms with Gasteiger partial charge in [-0.2, -0.15) is 0 Å². The van der Waals surface area contributed by atoms with Gasteiger partial charge in [0.2, 0.25) is 11.0 Å². The SMILES string of the molecule is CCC(C)N(C)c1ncnc(Cl)c1[N+](=O)[O-]. The lowest BCUT2D eigenvalue weighted by Gasteiger charge is -2.24. The van der Waals surface area contributed by atoms with Crippen LogP contribution in [0, 0.1) is 10.1 Å². The van der Waals surface area contributed by atoms with E-state index in [0.717, 1.165) is 6.42 Å². The Morgan fingerprint density at radius 3 is 2.75 bits per heavy atom. The van der Waals surface area contributed by atoms with Crippen LogP contribution >= 0.6 is 11.6 Å². The molecule has 1 atom stereocenters. The van der Waals surface area contributed by atoms with Gasteiger partial charge in [0.05, 0.1) is 4.92 Å². The number of halogens is 1. The maximum atomic E-state index is 10.9. The summed E-state index contributed by atoms with van der Waals surface area (Å²) in [5, 5.41) is 10.7. The molecule has 1 heterocycles. The molecule has 0 aliphatic rings. The van der Waals surface area contributed by atoms with E-state index in [9.17, 15) is 10.1 Å². The van der Waals surface area contributed by atoms with Crippen molar-refractivity contribution >= 4 is 23.1 Å². The fourth-order valence-corrected chi connectivity index (χ4v) is 1.44. The lowest BCUT2D eigenvalue weighted by atomic mass is 10.2. The molecular weight excluding hydrogens is 232 g/mol. The van der Waals surface area contributed by atoms with Crippen LogP contribution in [0.3, 0.4) is 0 Å². The molecule has 1 unspecified atom stereocenters. The molecule has 0 aliphatic carbocycles. The van der Waals surface area contributed by atoms with Crippen molar-refractivity contribution in [2.45, 2.75) is 26.3 Å². The Kier molecular flexibility index (Phi) is 4.00. The maximum absolute atomic E-state index is 10.9. The first-order chi connectivity index (χ1) is 7.49. The average Bonchev–Trinajstić information content (AvgIpc) is 2.26. The molecule has 0 N–H and O–H groups in total. The number of hydrogen-bond acceptors (Lipinski definition) is 5. The summed E-state index contributed by atoms with van der Waals surface area (Å²) in [4.78, 5) is 19.6. The van der Waals surface area contributed by atoms with Gasteiger partial charge >= 0.3 is 5.69 Å². The monoisotopic (exact) mass is 244 g/mol. The molecule has 16 heavy (non-hydrogen) atoms. The lowest BCUT2D eigenvalue weighted by Crippen LogP contribution is -2.29. The van der Waals surface area contributed by atoms with Crippen molar-refractivity contribution in [2.75, 3.05) is 11.9 Å². The quantitative estimate of drug-likeness (QED) is 0.462. The maximum Gasteiger partial charge on any atom is 0.348 e. The highest BCUT2D eigenvalue weighted by Gasteiger charge is 2.25. The number of rotatable bonds is 4. The summed E-state index contributed by atoms with van der Waals surface area (Å²) in [5.41, 5.74) is -0.244. The first-order valence-electron chi connectivity index (χ1n) is 4.86. The highest BCUT2D eigenvalue weighted by molar-refractivity contribution is 6.31. The summed E-state index contributed by atoms with van der Waals surface area (Å²) >= 11 is 5.70. The second-order valence-corrected chi connectivity index (χ2v) is 3.82. The Morgan fingerprint density at radius 2 is 2.25 bits per heavy atom. The van der Waals surface area contributed by atoms with E-state index in [4.69, 9.17) is 11.6 Å². The number of nitro groups is 1. The van der Waals surface area contributed by atoms with Crippen molar-refractivity contribution in [3.05, 3.63) is 21.6 Å². The molecule has 0 aliphatic heterocycles. The second-order valence-electron chi connectivity index (χ2n) is 3.46. The topological polar surface area (TPSA) is 72.2 Å². The Labute approximate surface area is 98.4 Å². The van der Waals surface area contributed by atoms with E-state index in [0.29, 0.717) is 0 Å². The highest BCUT2D eigenvalue weighted by Crippen LogP contribution is 2.31.